The predicted octanol–water partition coefficient (Wildman–Crippen LogP) is -0.801. The van der Waals surface area contributed by atoms with Crippen LogP contribution in [0.1, 0.15) is 51.0 Å². The minimum atomic E-state index is -2.29. The Morgan fingerprint density at radius 1 is 1.04 bits per heavy atom. The van der Waals surface area contributed by atoms with Crippen LogP contribution in [0.2, 0.25) is 0 Å². The molecule has 3 rings (SSSR count). The van der Waals surface area contributed by atoms with Crippen LogP contribution in [0.4, 0.5) is 0 Å². The van der Waals surface area contributed by atoms with Gasteiger partial charge in [0.2, 0.25) is 5.78 Å². The highest BCUT2D eigenvalue weighted by molar-refractivity contribution is 6.26. The van der Waals surface area contributed by atoms with Crippen LogP contribution in [-0.4, -0.2) is 61.0 Å². The van der Waals surface area contributed by atoms with Crippen molar-refractivity contribution < 1.29 is 45.0 Å². The molecule has 4 atom stereocenters. The van der Waals surface area contributed by atoms with E-state index in [2.05, 4.69) is 0 Å². The molecule has 0 heterocycles. The first-order valence-electron chi connectivity index (χ1n) is 7.28. The topological polar surface area (TPSA) is 165 Å². The second-order valence-corrected chi connectivity index (χ2v) is 6.20. The zero-order chi connectivity index (χ0) is 18.8. The largest absolute Gasteiger partial charge is 0.507 e. The number of carbonyl (C=O) groups excluding carboxylic acids is 2. The van der Waals surface area contributed by atoms with Gasteiger partial charge in [-0.1, -0.05) is 0 Å². The first kappa shape index (κ1) is 17.4. The molecule has 4 unspecified atom stereocenters. The molecule has 0 bridgehead atoms. The zero-order valence-corrected chi connectivity index (χ0v) is 13.2. The first-order valence-corrected chi connectivity index (χ1v) is 7.28. The van der Waals surface area contributed by atoms with Gasteiger partial charge in [-0.05, 0) is 6.92 Å². The number of carbonyl (C=O) groups is 2. The van der Waals surface area contributed by atoms with Crippen LogP contribution in [-0.2, 0) is 4.74 Å². The van der Waals surface area contributed by atoms with Crippen molar-refractivity contribution in [3.8, 4) is 11.5 Å². The zero-order valence-electron chi connectivity index (χ0n) is 13.2. The van der Waals surface area contributed by atoms with E-state index in [-0.39, 0.29) is 5.76 Å². The minimum absolute atomic E-state index is 0.384. The molecule has 1 aromatic carbocycles. The summed E-state index contributed by atoms with van der Waals surface area (Å²) in [5.41, 5.74) is -4.55. The summed E-state index contributed by atoms with van der Waals surface area (Å²) in [6, 6.07) is 0. The molecular weight excluding hydrogens is 336 g/mol. The molecule has 25 heavy (non-hydrogen) atoms. The van der Waals surface area contributed by atoms with Crippen LogP contribution in [0.15, 0.2) is 11.8 Å². The van der Waals surface area contributed by atoms with Crippen molar-refractivity contribution in [2.24, 2.45) is 0 Å². The van der Waals surface area contributed by atoms with Gasteiger partial charge in [0.05, 0.1) is 18.2 Å². The standard InChI is InChI=1S/C16H16O9/c1-16(24)14(22)9-8(13(21)15(16)23)11(19)6-4(17)3-5(25-2)10(18)7(6)12(9)20/h3,13-15,19-24H,1-2H3. The molecule has 0 aliphatic heterocycles. The maximum absolute atomic E-state index is 12.4. The minimum Gasteiger partial charge on any atom is -0.507 e. The van der Waals surface area contributed by atoms with Gasteiger partial charge in [-0.15, -0.1) is 0 Å². The van der Waals surface area contributed by atoms with Gasteiger partial charge >= 0.3 is 0 Å². The monoisotopic (exact) mass is 352 g/mol. The third kappa shape index (κ3) is 2.04. The number of hydrogen-bond acceptors (Lipinski definition) is 9. The van der Waals surface area contributed by atoms with E-state index in [0.717, 1.165) is 20.1 Å². The normalized spacial score (nSPS) is 31.3. The van der Waals surface area contributed by atoms with Crippen molar-refractivity contribution in [3.63, 3.8) is 0 Å². The highest BCUT2D eigenvalue weighted by Gasteiger charge is 2.53. The number of Topliss-reactive ketones (excluding diaryl/α,β-unsaturated/α-hetero) is 1. The van der Waals surface area contributed by atoms with E-state index in [9.17, 15) is 40.2 Å². The van der Waals surface area contributed by atoms with Gasteiger partial charge in [0.25, 0.3) is 0 Å². The van der Waals surface area contributed by atoms with E-state index in [4.69, 9.17) is 4.74 Å². The molecule has 9 heteroatoms. The van der Waals surface area contributed by atoms with E-state index < -0.39 is 69.2 Å². The van der Waals surface area contributed by atoms with Gasteiger partial charge in [-0.2, -0.15) is 0 Å². The second kappa shape index (κ2) is 5.27. The number of aliphatic hydroxyl groups is 4. The Morgan fingerprint density at radius 2 is 1.60 bits per heavy atom. The number of ketones is 2. The summed E-state index contributed by atoms with van der Waals surface area (Å²) in [6.45, 7) is 1.01. The summed E-state index contributed by atoms with van der Waals surface area (Å²) in [7, 11) is 1.14. The predicted molar refractivity (Wildman–Crippen MR) is 80.1 cm³/mol. The van der Waals surface area contributed by atoms with Gasteiger partial charge in [0.1, 0.15) is 35.4 Å². The Kier molecular flexibility index (Phi) is 3.66. The molecular formula is C16H16O9. The number of hydrogen-bond donors (Lipinski definition) is 6. The van der Waals surface area contributed by atoms with E-state index >= 15 is 0 Å². The highest BCUT2D eigenvalue weighted by Crippen LogP contribution is 2.53. The van der Waals surface area contributed by atoms with Crippen molar-refractivity contribution >= 4 is 11.6 Å². The number of allylic oxidation sites excluding steroid dienone is 2. The number of fused-ring (bicyclic) bond motifs is 2. The van der Waals surface area contributed by atoms with E-state index in [1.54, 1.807) is 0 Å². The molecule has 0 radical (unpaired) electrons. The number of ether oxygens (including phenoxy) is 1. The van der Waals surface area contributed by atoms with Crippen molar-refractivity contribution in [2.45, 2.75) is 30.8 Å². The number of benzene rings is 1. The van der Waals surface area contributed by atoms with Crippen LogP contribution in [0.3, 0.4) is 0 Å². The fourth-order valence-electron chi connectivity index (χ4n) is 3.26. The third-order valence-electron chi connectivity index (χ3n) is 4.72. The summed E-state index contributed by atoms with van der Waals surface area (Å²) < 4.78 is 4.77. The molecule has 6 N–H and O–H groups in total. The number of phenolic OH excluding ortho intramolecular Hbond substituents is 2. The molecule has 0 saturated carbocycles. The molecule has 0 spiro atoms. The Hall–Kier alpha value is -2.46. The van der Waals surface area contributed by atoms with Crippen molar-refractivity contribution in [1.82, 2.24) is 0 Å². The van der Waals surface area contributed by atoms with Crippen LogP contribution < -0.4 is 0 Å². The lowest BCUT2D eigenvalue weighted by molar-refractivity contribution is -0.182. The number of rotatable bonds is 1. The van der Waals surface area contributed by atoms with Gasteiger partial charge < -0.3 is 35.4 Å². The summed E-state index contributed by atoms with van der Waals surface area (Å²) in [5, 5.41) is 61.7. The van der Waals surface area contributed by atoms with Crippen LogP contribution >= 0.6 is 0 Å². The maximum Gasteiger partial charge on any atom is 0.232 e. The second-order valence-electron chi connectivity index (χ2n) is 6.20. The maximum atomic E-state index is 12.4. The molecule has 9 nitrogen and oxygen atoms in total. The smallest absolute Gasteiger partial charge is 0.232 e. The van der Waals surface area contributed by atoms with E-state index in [1.807, 2.05) is 0 Å². The molecule has 2 aliphatic rings. The van der Waals surface area contributed by atoms with Crippen molar-refractivity contribution in [3.05, 3.63) is 34.1 Å². The Bertz CT molecular complexity index is 837. The first-order chi connectivity index (χ1) is 11.6. The number of phenols is 2. The number of methoxy groups -OCH3 is 1. The van der Waals surface area contributed by atoms with Gasteiger partial charge in [0.15, 0.2) is 11.5 Å². The van der Waals surface area contributed by atoms with E-state index in [0.29, 0.717) is 0 Å². The van der Waals surface area contributed by atoms with Gasteiger partial charge in [-0.3, -0.25) is 9.59 Å². The summed E-state index contributed by atoms with van der Waals surface area (Å²) in [4.78, 5) is 24.6. The molecule has 1 aromatic rings. The molecule has 0 amide bonds. The quantitative estimate of drug-likeness (QED) is 0.355. The molecule has 0 saturated heterocycles. The molecule has 0 aromatic heterocycles. The fraction of sp³-hybridized carbons (Fsp3) is 0.375. The lowest BCUT2D eigenvalue weighted by atomic mass is 9.72. The Labute approximate surface area is 141 Å². The summed E-state index contributed by atoms with van der Waals surface area (Å²) >= 11 is 0. The van der Waals surface area contributed by atoms with Gasteiger partial charge in [-0.25, -0.2) is 0 Å². The summed E-state index contributed by atoms with van der Waals surface area (Å²) in [6.07, 6.45) is -4.97. The fourth-order valence-corrected chi connectivity index (χ4v) is 3.26. The Balaban J connectivity index is 2.41. The molecule has 2 aliphatic carbocycles. The third-order valence-corrected chi connectivity index (χ3v) is 4.72. The van der Waals surface area contributed by atoms with E-state index in [1.165, 1.54) is 0 Å². The number of aliphatic hydroxyl groups excluding tert-OH is 3. The SMILES string of the molecule is COC1=CC(=O)c2c(O)c3c(c(O)c2C1=O)C(O)C(C)(O)C(O)C3O. The van der Waals surface area contributed by atoms with Gasteiger partial charge in [0, 0.05) is 17.2 Å². The van der Waals surface area contributed by atoms with Crippen molar-refractivity contribution in [1.29, 1.82) is 0 Å². The molecule has 134 valence electrons. The van der Waals surface area contributed by atoms with Crippen molar-refractivity contribution in [2.75, 3.05) is 7.11 Å². The lowest BCUT2D eigenvalue weighted by Crippen LogP contribution is -2.51. The van der Waals surface area contributed by atoms with Crippen LogP contribution in [0.25, 0.3) is 0 Å². The average Bonchev–Trinajstić information content (AvgIpc) is 2.56. The number of aromatic hydroxyl groups is 2. The van der Waals surface area contributed by atoms with Crippen LogP contribution in [0.5, 0.6) is 11.5 Å². The average molecular weight is 352 g/mol. The lowest BCUT2D eigenvalue weighted by Gasteiger charge is -2.43. The highest BCUT2D eigenvalue weighted by atomic mass is 16.5. The molecule has 0 fully saturated rings. The van der Waals surface area contributed by atoms with Crippen LogP contribution in [0, 0.1) is 0 Å². The summed E-state index contributed by atoms with van der Waals surface area (Å²) in [5.74, 6) is -3.92. The Morgan fingerprint density at radius 3 is 2.16 bits per heavy atom.